The van der Waals surface area contributed by atoms with Crippen LogP contribution in [-0.2, 0) is 0 Å². The van der Waals surface area contributed by atoms with E-state index in [0.29, 0.717) is 5.41 Å². The zero-order valence-electron chi connectivity index (χ0n) is 14.4. The lowest BCUT2D eigenvalue weighted by molar-refractivity contribution is 0.0475. The number of piperidine rings is 1. The maximum Gasteiger partial charge on any atom is 0.00684 e. The standard InChI is InChI=1S/C19H36N2/c1-3-19(4-2,14-20-18-9-10-18)15-21-12-11-16-7-5-6-8-17(16)13-21/h16-18,20H,3-15H2,1-2H3. The molecule has 2 saturated carbocycles. The van der Waals surface area contributed by atoms with Crippen molar-refractivity contribution >= 4 is 0 Å². The van der Waals surface area contributed by atoms with Crippen LogP contribution in [0.15, 0.2) is 0 Å². The highest BCUT2D eigenvalue weighted by atomic mass is 15.1. The van der Waals surface area contributed by atoms with Gasteiger partial charge < -0.3 is 10.2 Å². The topological polar surface area (TPSA) is 15.3 Å². The molecule has 0 aromatic heterocycles. The van der Waals surface area contributed by atoms with Gasteiger partial charge in [0.05, 0.1) is 0 Å². The molecular weight excluding hydrogens is 256 g/mol. The Morgan fingerprint density at radius 1 is 0.952 bits per heavy atom. The van der Waals surface area contributed by atoms with Crippen LogP contribution in [0.3, 0.4) is 0 Å². The molecule has 2 heteroatoms. The number of hydrogen-bond acceptors (Lipinski definition) is 2. The van der Waals surface area contributed by atoms with Gasteiger partial charge in [-0.2, -0.15) is 0 Å². The molecular formula is C19H36N2. The van der Waals surface area contributed by atoms with Gasteiger partial charge in [0.15, 0.2) is 0 Å². The van der Waals surface area contributed by atoms with Crippen LogP contribution >= 0.6 is 0 Å². The Bertz CT molecular complexity index is 320. The Morgan fingerprint density at radius 2 is 1.67 bits per heavy atom. The second kappa shape index (κ2) is 7.00. The summed E-state index contributed by atoms with van der Waals surface area (Å²) in [6, 6.07) is 0.853. The summed E-state index contributed by atoms with van der Waals surface area (Å²) in [5, 5.41) is 3.82. The number of fused-ring (bicyclic) bond motifs is 1. The van der Waals surface area contributed by atoms with E-state index in [4.69, 9.17) is 0 Å². The molecule has 3 rings (SSSR count). The highest BCUT2D eigenvalue weighted by molar-refractivity contribution is 4.91. The third-order valence-electron chi connectivity index (χ3n) is 6.78. The van der Waals surface area contributed by atoms with Gasteiger partial charge in [0, 0.05) is 25.7 Å². The first kappa shape index (κ1) is 15.8. The molecule has 0 radical (unpaired) electrons. The normalized spacial score (nSPS) is 31.1. The van der Waals surface area contributed by atoms with Gasteiger partial charge in [-0.05, 0) is 62.3 Å². The molecule has 122 valence electrons. The molecule has 0 spiro atoms. The van der Waals surface area contributed by atoms with E-state index in [2.05, 4.69) is 24.1 Å². The van der Waals surface area contributed by atoms with E-state index < -0.39 is 0 Å². The van der Waals surface area contributed by atoms with E-state index in [1.807, 2.05) is 0 Å². The molecule has 1 N–H and O–H groups in total. The van der Waals surface area contributed by atoms with Crippen LogP contribution in [0.1, 0.15) is 71.6 Å². The molecule has 0 aromatic carbocycles. The minimum Gasteiger partial charge on any atom is -0.313 e. The van der Waals surface area contributed by atoms with Gasteiger partial charge >= 0.3 is 0 Å². The van der Waals surface area contributed by atoms with E-state index in [1.165, 1.54) is 84.0 Å². The Labute approximate surface area is 132 Å². The highest BCUT2D eigenvalue weighted by Gasteiger charge is 2.36. The van der Waals surface area contributed by atoms with Crippen molar-refractivity contribution in [3.63, 3.8) is 0 Å². The van der Waals surface area contributed by atoms with Gasteiger partial charge in [-0.25, -0.2) is 0 Å². The SMILES string of the molecule is CCC(CC)(CNC1CC1)CN1CCC2CCCCC2C1. The smallest absolute Gasteiger partial charge is 0.00684 e. The monoisotopic (exact) mass is 292 g/mol. The first-order valence-electron chi connectivity index (χ1n) is 9.70. The Balaban J connectivity index is 1.54. The lowest BCUT2D eigenvalue weighted by Crippen LogP contribution is -2.49. The molecule has 3 aliphatic rings. The summed E-state index contributed by atoms with van der Waals surface area (Å²) in [4.78, 5) is 2.83. The molecule has 1 saturated heterocycles. The molecule has 0 aromatic rings. The Morgan fingerprint density at radius 3 is 2.33 bits per heavy atom. The third-order valence-corrected chi connectivity index (χ3v) is 6.78. The predicted molar refractivity (Wildman–Crippen MR) is 90.5 cm³/mol. The van der Waals surface area contributed by atoms with Crippen LogP contribution in [0.5, 0.6) is 0 Å². The van der Waals surface area contributed by atoms with Crippen molar-refractivity contribution in [3.8, 4) is 0 Å². The van der Waals surface area contributed by atoms with Crippen LogP contribution in [0.2, 0.25) is 0 Å². The first-order valence-corrected chi connectivity index (χ1v) is 9.70. The van der Waals surface area contributed by atoms with Crippen LogP contribution in [0.25, 0.3) is 0 Å². The van der Waals surface area contributed by atoms with Gasteiger partial charge in [-0.15, -0.1) is 0 Å². The largest absolute Gasteiger partial charge is 0.313 e. The lowest BCUT2D eigenvalue weighted by Gasteiger charge is -2.45. The van der Waals surface area contributed by atoms with Crippen LogP contribution in [0, 0.1) is 17.3 Å². The fourth-order valence-electron chi connectivity index (χ4n) is 4.72. The summed E-state index contributed by atoms with van der Waals surface area (Å²) >= 11 is 0. The second-order valence-corrected chi connectivity index (χ2v) is 8.19. The van der Waals surface area contributed by atoms with Gasteiger partial charge in [-0.1, -0.05) is 33.1 Å². The summed E-state index contributed by atoms with van der Waals surface area (Å²) in [7, 11) is 0. The molecule has 21 heavy (non-hydrogen) atoms. The van der Waals surface area contributed by atoms with Gasteiger partial charge in [-0.3, -0.25) is 0 Å². The summed E-state index contributed by atoms with van der Waals surface area (Å²) in [6.07, 6.45) is 13.0. The van der Waals surface area contributed by atoms with Crippen molar-refractivity contribution in [2.24, 2.45) is 17.3 Å². The minimum atomic E-state index is 0.518. The summed E-state index contributed by atoms with van der Waals surface area (Å²) in [5.41, 5.74) is 0.518. The molecule has 2 atom stereocenters. The van der Waals surface area contributed by atoms with Gasteiger partial charge in [0.25, 0.3) is 0 Å². The van der Waals surface area contributed by atoms with Crippen molar-refractivity contribution in [3.05, 3.63) is 0 Å². The molecule has 2 unspecified atom stereocenters. The van der Waals surface area contributed by atoms with Gasteiger partial charge in [0.1, 0.15) is 0 Å². The average molecular weight is 293 g/mol. The van der Waals surface area contributed by atoms with Crippen molar-refractivity contribution < 1.29 is 0 Å². The number of likely N-dealkylation sites (tertiary alicyclic amines) is 1. The van der Waals surface area contributed by atoms with E-state index in [1.54, 1.807) is 0 Å². The number of nitrogens with one attached hydrogen (secondary N) is 1. The lowest BCUT2D eigenvalue weighted by atomic mass is 9.74. The van der Waals surface area contributed by atoms with Gasteiger partial charge in [0.2, 0.25) is 0 Å². The van der Waals surface area contributed by atoms with Crippen LogP contribution in [-0.4, -0.2) is 37.1 Å². The molecule has 2 aliphatic carbocycles. The number of rotatable bonds is 7. The zero-order chi connectivity index (χ0) is 14.7. The van der Waals surface area contributed by atoms with E-state index in [0.717, 1.165) is 17.9 Å². The maximum atomic E-state index is 3.82. The van der Waals surface area contributed by atoms with Crippen LogP contribution < -0.4 is 5.32 Å². The van der Waals surface area contributed by atoms with Crippen molar-refractivity contribution in [1.82, 2.24) is 10.2 Å². The quantitative estimate of drug-likeness (QED) is 0.761. The second-order valence-electron chi connectivity index (χ2n) is 8.19. The van der Waals surface area contributed by atoms with Crippen molar-refractivity contribution in [2.75, 3.05) is 26.2 Å². The average Bonchev–Trinajstić information content (AvgIpc) is 3.36. The number of nitrogens with zero attached hydrogens (tertiary/aromatic N) is 1. The highest BCUT2D eigenvalue weighted by Crippen LogP contribution is 2.38. The van der Waals surface area contributed by atoms with Crippen LogP contribution in [0.4, 0.5) is 0 Å². The van der Waals surface area contributed by atoms with E-state index >= 15 is 0 Å². The predicted octanol–water partition coefficient (Wildman–Crippen LogP) is 4.06. The molecule has 3 fully saturated rings. The molecule has 0 amide bonds. The van der Waals surface area contributed by atoms with E-state index in [-0.39, 0.29) is 0 Å². The fraction of sp³-hybridized carbons (Fsp3) is 1.00. The van der Waals surface area contributed by atoms with E-state index in [9.17, 15) is 0 Å². The minimum absolute atomic E-state index is 0.518. The summed E-state index contributed by atoms with van der Waals surface area (Å²) in [6.45, 7) is 10.2. The fourth-order valence-corrected chi connectivity index (χ4v) is 4.72. The molecule has 2 nitrogen and oxygen atoms in total. The number of hydrogen-bond donors (Lipinski definition) is 1. The Hall–Kier alpha value is -0.0800. The summed E-state index contributed by atoms with van der Waals surface area (Å²) < 4.78 is 0. The molecule has 1 heterocycles. The van der Waals surface area contributed by atoms with Crippen molar-refractivity contribution in [1.29, 1.82) is 0 Å². The van der Waals surface area contributed by atoms with Crippen molar-refractivity contribution in [2.45, 2.75) is 77.7 Å². The zero-order valence-corrected chi connectivity index (χ0v) is 14.4. The Kier molecular flexibility index (Phi) is 5.27. The maximum absolute atomic E-state index is 3.82. The molecule has 0 bridgehead atoms. The summed E-state index contributed by atoms with van der Waals surface area (Å²) in [5.74, 6) is 2.09. The molecule has 1 aliphatic heterocycles. The third kappa shape index (κ3) is 4.01. The first-order chi connectivity index (χ1) is 10.2.